The molecule has 114 valence electrons. The van der Waals surface area contributed by atoms with Crippen LogP contribution in [0.25, 0.3) is 0 Å². The Morgan fingerprint density at radius 2 is 1.62 bits per heavy atom. The molecule has 4 nitrogen and oxygen atoms in total. The van der Waals surface area contributed by atoms with Crippen LogP contribution >= 0.6 is 0 Å². The van der Waals surface area contributed by atoms with Gasteiger partial charge in [0, 0.05) is 0 Å². The zero-order chi connectivity index (χ0) is 15.8. The van der Waals surface area contributed by atoms with Gasteiger partial charge in [-0.15, -0.1) is 0 Å². The second-order valence-corrected chi connectivity index (χ2v) is 6.91. The quantitative estimate of drug-likeness (QED) is 0.872. The van der Waals surface area contributed by atoms with Crippen molar-refractivity contribution in [1.29, 1.82) is 0 Å². The van der Waals surface area contributed by atoms with Crippen LogP contribution in [-0.4, -0.2) is 22.2 Å². The van der Waals surface area contributed by atoms with Crippen LogP contribution in [0.1, 0.15) is 65.5 Å². The van der Waals surface area contributed by atoms with Crippen molar-refractivity contribution >= 4 is 11.9 Å². The van der Waals surface area contributed by atoms with Crippen LogP contribution in [0.3, 0.4) is 0 Å². The first-order chi connectivity index (χ1) is 9.71. The molecule has 1 unspecified atom stereocenters. The molecule has 0 aromatic heterocycles. The van der Waals surface area contributed by atoms with Gasteiger partial charge in [0.05, 0.1) is 11.1 Å². The smallest absolute Gasteiger partial charge is 0.335 e. The average Bonchev–Trinajstić information content (AvgIpc) is 2.33. The van der Waals surface area contributed by atoms with Crippen molar-refractivity contribution in [1.82, 2.24) is 0 Å². The van der Waals surface area contributed by atoms with E-state index in [1.54, 1.807) is 0 Å². The summed E-state index contributed by atoms with van der Waals surface area (Å²) in [6.07, 6.45) is 3.13. The van der Waals surface area contributed by atoms with E-state index < -0.39 is 11.9 Å². The summed E-state index contributed by atoms with van der Waals surface area (Å²) in [5.74, 6) is -1.62. The maximum atomic E-state index is 11.4. The fraction of sp³-hybridized carbons (Fsp3) is 0.529. The summed E-state index contributed by atoms with van der Waals surface area (Å²) in [6, 6.07) is 2.87. The molecule has 0 saturated heterocycles. The summed E-state index contributed by atoms with van der Waals surface area (Å²) in [4.78, 5) is 22.9. The molecule has 0 bridgehead atoms. The van der Waals surface area contributed by atoms with Crippen molar-refractivity contribution < 1.29 is 19.8 Å². The second kappa shape index (κ2) is 5.51. The maximum Gasteiger partial charge on any atom is 0.335 e. The molecule has 0 aliphatic heterocycles. The summed E-state index contributed by atoms with van der Waals surface area (Å²) in [5.41, 5.74) is 2.07. The SMILES string of the molecule is CC1Cc2c(C(=O)O)ccc(C(=O)O)c2CCC(C)(C)C1. The Bertz CT molecular complexity index is 587. The van der Waals surface area contributed by atoms with Crippen LogP contribution < -0.4 is 0 Å². The number of rotatable bonds is 2. The van der Waals surface area contributed by atoms with Crippen molar-refractivity contribution in [2.75, 3.05) is 0 Å². The Morgan fingerprint density at radius 3 is 2.14 bits per heavy atom. The summed E-state index contributed by atoms with van der Waals surface area (Å²) in [7, 11) is 0. The predicted molar refractivity (Wildman–Crippen MR) is 79.9 cm³/mol. The highest BCUT2D eigenvalue weighted by molar-refractivity contribution is 5.95. The van der Waals surface area contributed by atoms with E-state index in [-0.39, 0.29) is 16.5 Å². The van der Waals surface area contributed by atoms with Gasteiger partial charge in [-0.05, 0) is 60.3 Å². The van der Waals surface area contributed by atoms with Gasteiger partial charge in [0.2, 0.25) is 0 Å². The van der Waals surface area contributed by atoms with Crippen molar-refractivity contribution in [3.8, 4) is 0 Å². The number of fused-ring (bicyclic) bond motifs is 1. The lowest BCUT2D eigenvalue weighted by Crippen LogP contribution is -2.24. The Hall–Kier alpha value is -1.84. The van der Waals surface area contributed by atoms with Crippen molar-refractivity contribution in [2.45, 2.75) is 46.5 Å². The molecule has 1 atom stereocenters. The summed E-state index contributed by atoms with van der Waals surface area (Å²) in [6.45, 7) is 6.49. The molecule has 1 aliphatic rings. The van der Waals surface area contributed by atoms with Gasteiger partial charge in [-0.25, -0.2) is 9.59 Å². The molecule has 0 spiro atoms. The van der Waals surface area contributed by atoms with Crippen LogP contribution in [0.15, 0.2) is 12.1 Å². The molecule has 1 aromatic carbocycles. The highest BCUT2D eigenvalue weighted by Gasteiger charge is 2.29. The number of hydrogen-bond donors (Lipinski definition) is 2. The lowest BCUT2D eigenvalue weighted by Gasteiger charge is -2.32. The summed E-state index contributed by atoms with van der Waals surface area (Å²) < 4.78 is 0. The monoisotopic (exact) mass is 290 g/mol. The number of carbonyl (C=O) groups is 2. The van der Waals surface area contributed by atoms with Crippen molar-refractivity contribution in [3.63, 3.8) is 0 Å². The van der Waals surface area contributed by atoms with Gasteiger partial charge >= 0.3 is 11.9 Å². The van der Waals surface area contributed by atoms with Crippen molar-refractivity contribution in [2.24, 2.45) is 11.3 Å². The third kappa shape index (κ3) is 3.26. The molecule has 4 heteroatoms. The van der Waals surface area contributed by atoms with Gasteiger partial charge in [-0.2, -0.15) is 0 Å². The molecular formula is C17H22O4. The number of hydrogen-bond acceptors (Lipinski definition) is 2. The lowest BCUT2D eigenvalue weighted by molar-refractivity contribution is 0.0678. The van der Waals surface area contributed by atoms with Gasteiger partial charge in [-0.3, -0.25) is 0 Å². The Labute approximate surface area is 124 Å². The van der Waals surface area contributed by atoms with Crippen LogP contribution in [-0.2, 0) is 12.8 Å². The first kappa shape index (κ1) is 15.5. The second-order valence-electron chi connectivity index (χ2n) is 6.91. The predicted octanol–water partition coefficient (Wildman–Crippen LogP) is 3.62. The molecule has 0 amide bonds. The van der Waals surface area contributed by atoms with E-state index in [9.17, 15) is 19.8 Å². The van der Waals surface area contributed by atoms with Crippen LogP contribution in [0, 0.1) is 11.3 Å². The number of carboxylic acids is 2. The highest BCUT2D eigenvalue weighted by Crippen LogP contribution is 2.37. The molecule has 2 rings (SSSR count). The minimum absolute atomic E-state index is 0.145. The molecule has 1 aliphatic carbocycles. The first-order valence-corrected chi connectivity index (χ1v) is 7.32. The third-order valence-corrected chi connectivity index (χ3v) is 4.40. The van der Waals surface area contributed by atoms with Gasteiger partial charge in [0.1, 0.15) is 0 Å². The Balaban J connectivity index is 2.61. The fourth-order valence-electron chi connectivity index (χ4n) is 3.54. The van der Waals surface area contributed by atoms with Crippen LogP contribution in [0.5, 0.6) is 0 Å². The lowest BCUT2D eigenvalue weighted by atomic mass is 9.73. The van der Waals surface area contributed by atoms with Crippen LogP contribution in [0.2, 0.25) is 0 Å². The van der Waals surface area contributed by atoms with E-state index in [0.29, 0.717) is 29.9 Å². The molecule has 2 N–H and O–H groups in total. The van der Waals surface area contributed by atoms with Gasteiger partial charge in [0.25, 0.3) is 0 Å². The van der Waals surface area contributed by atoms with Crippen LogP contribution in [0.4, 0.5) is 0 Å². The van der Waals surface area contributed by atoms with E-state index in [0.717, 1.165) is 12.8 Å². The summed E-state index contributed by atoms with van der Waals surface area (Å²) >= 11 is 0. The Kier molecular flexibility index (Phi) is 4.08. The van der Waals surface area contributed by atoms with E-state index in [4.69, 9.17) is 0 Å². The topological polar surface area (TPSA) is 74.6 Å². The van der Waals surface area contributed by atoms with E-state index >= 15 is 0 Å². The third-order valence-electron chi connectivity index (χ3n) is 4.40. The first-order valence-electron chi connectivity index (χ1n) is 7.32. The molecule has 21 heavy (non-hydrogen) atoms. The minimum atomic E-state index is -0.978. The van der Waals surface area contributed by atoms with Gasteiger partial charge in [-0.1, -0.05) is 20.8 Å². The Morgan fingerprint density at radius 1 is 1.10 bits per heavy atom. The highest BCUT2D eigenvalue weighted by atomic mass is 16.4. The number of aromatic carboxylic acids is 2. The zero-order valence-corrected chi connectivity index (χ0v) is 12.8. The van der Waals surface area contributed by atoms with Gasteiger partial charge < -0.3 is 10.2 Å². The standard InChI is InChI=1S/C17H22O4/c1-10-8-14-11(6-7-17(2,3)9-10)12(15(18)19)4-5-13(14)16(20)21/h4-5,10H,6-9H2,1-3H3,(H,18,19)(H,20,21). The zero-order valence-electron chi connectivity index (χ0n) is 12.8. The van der Waals surface area contributed by atoms with E-state index in [1.165, 1.54) is 12.1 Å². The number of carboxylic acid groups (broad SMARTS) is 2. The number of benzene rings is 1. The summed E-state index contributed by atoms with van der Waals surface area (Å²) in [5, 5.41) is 18.8. The molecule has 0 heterocycles. The molecule has 0 fully saturated rings. The molecular weight excluding hydrogens is 268 g/mol. The van der Waals surface area contributed by atoms with Gasteiger partial charge in [0.15, 0.2) is 0 Å². The minimum Gasteiger partial charge on any atom is -0.478 e. The molecule has 0 saturated carbocycles. The van der Waals surface area contributed by atoms with Crippen molar-refractivity contribution in [3.05, 3.63) is 34.4 Å². The average molecular weight is 290 g/mol. The normalized spacial score (nSPS) is 21.0. The fourth-order valence-corrected chi connectivity index (χ4v) is 3.54. The van der Waals surface area contributed by atoms with E-state index in [1.807, 2.05) is 0 Å². The largest absolute Gasteiger partial charge is 0.478 e. The molecule has 1 aromatic rings. The van der Waals surface area contributed by atoms with E-state index in [2.05, 4.69) is 20.8 Å². The maximum absolute atomic E-state index is 11.4. The molecule has 0 radical (unpaired) electrons.